The highest BCUT2D eigenvalue weighted by Crippen LogP contribution is 2.35. The fourth-order valence-electron chi connectivity index (χ4n) is 2.66. The van der Waals surface area contributed by atoms with E-state index in [1.54, 1.807) is 6.07 Å². The van der Waals surface area contributed by atoms with Gasteiger partial charge >= 0.3 is 6.18 Å². The predicted molar refractivity (Wildman–Crippen MR) is 90.4 cm³/mol. The van der Waals surface area contributed by atoms with Crippen molar-refractivity contribution in [3.8, 4) is 11.9 Å². The molecule has 0 bridgehead atoms. The summed E-state index contributed by atoms with van der Waals surface area (Å²) in [5.41, 5.74) is -0.357. The SMILES string of the molecule is N#Cc1ccc(Nc2ncc(C(F)(F)F)c(OCC3CCCNC3)n2)cn1. The number of nitrogens with one attached hydrogen (secondary N) is 2. The molecule has 1 saturated heterocycles. The zero-order chi connectivity index (χ0) is 19.3. The van der Waals surface area contributed by atoms with Crippen LogP contribution in [-0.4, -0.2) is 34.6 Å². The molecule has 0 aliphatic carbocycles. The maximum atomic E-state index is 13.2. The van der Waals surface area contributed by atoms with Crippen LogP contribution in [0.3, 0.4) is 0 Å². The molecule has 0 saturated carbocycles. The number of halogens is 3. The van der Waals surface area contributed by atoms with Gasteiger partial charge in [-0.1, -0.05) is 0 Å². The summed E-state index contributed by atoms with van der Waals surface area (Å²) in [4.78, 5) is 11.5. The fourth-order valence-corrected chi connectivity index (χ4v) is 2.66. The highest BCUT2D eigenvalue weighted by atomic mass is 19.4. The Kier molecular flexibility index (Phi) is 5.71. The van der Waals surface area contributed by atoms with Crippen molar-refractivity contribution < 1.29 is 17.9 Å². The summed E-state index contributed by atoms with van der Waals surface area (Å²) in [6, 6.07) is 4.91. The first-order valence-electron chi connectivity index (χ1n) is 8.36. The van der Waals surface area contributed by atoms with Gasteiger partial charge in [-0.15, -0.1) is 0 Å². The summed E-state index contributed by atoms with van der Waals surface area (Å²) in [6.45, 7) is 1.75. The van der Waals surface area contributed by atoms with Crippen molar-refractivity contribution in [3.05, 3.63) is 35.8 Å². The smallest absolute Gasteiger partial charge is 0.423 e. The topological polar surface area (TPSA) is 95.8 Å². The Bertz CT molecular complexity index is 813. The molecule has 1 aliphatic rings. The van der Waals surface area contributed by atoms with E-state index >= 15 is 0 Å². The average Bonchev–Trinajstić information content (AvgIpc) is 2.67. The normalized spacial score (nSPS) is 17.2. The predicted octanol–water partition coefficient (Wildman–Crippen LogP) is 2.88. The number of piperidine rings is 1. The van der Waals surface area contributed by atoms with Gasteiger partial charge in [-0.25, -0.2) is 9.97 Å². The minimum atomic E-state index is -4.62. The summed E-state index contributed by atoms with van der Waals surface area (Å²) in [7, 11) is 0. The van der Waals surface area contributed by atoms with Crippen LogP contribution in [0, 0.1) is 17.2 Å². The zero-order valence-electron chi connectivity index (χ0n) is 14.3. The van der Waals surface area contributed by atoms with Crippen molar-refractivity contribution in [2.45, 2.75) is 19.0 Å². The van der Waals surface area contributed by atoms with Gasteiger partial charge in [-0.3, -0.25) is 0 Å². The minimum absolute atomic E-state index is 0.0497. The third-order valence-corrected chi connectivity index (χ3v) is 4.05. The molecule has 1 aliphatic heterocycles. The average molecular weight is 378 g/mol. The third-order valence-electron chi connectivity index (χ3n) is 4.05. The summed E-state index contributed by atoms with van der Waals surface area (Å²) < 4.78 is 45.1. The van der Waals surface area contributed by atoms with Crippen molar-refractivity contribution in [3.63, 3.8) is 0 Å². The van der Waals surface area contributed by atoms with E-state index in [9.17, 15) is 13.2 Å². The molecular formula is C17H17F3N6O. The van der Waals surface area contributed by atoms with E-state index in [0.717, 1.165) is 19.4 Å². The number of hydrogen-bond acceptors (Lipinski definition) is 7. The van der Waals surface area contributed by atoms with Gasteiger partial charge in [0.25, 0.3) is 0 Å². The fraction of sp³-hybridized carbons (Fsp3) is 0.412. The van der Waals surface area contributed by atoms with Gasteiger partial charge in [-0.05, 0) is 31.5 Å². The first kappa shape index (κ1) is 18.8. The molecule has 0 amide bonds. The van der Waals surface area contributed by atoms with Crippen LogP contribution in [0.5, 0.6) is 5.88 Å². The van der Waals surface area contributed by atoms with Crippen LogP contribution in [-0.2, 0) is 6.18 Å². The Balaban J connectivity index is 1.77. The Morgan fingerprint density at radius 3 is 2.78 bits per heavy atom. The van der Waals surface area contributed by atoms with Crippen LogP contribution >= 0.6 is 0 Å². The quantitative estimate of drug-likeness (QED) is 0.826. The molecule has 3 heterocycles. The first-order valence-corrected chi connectivity index (χ1v) is 8.36. The van der Waals surface area contributed by atoms with Gasteiger partial charge in [0, 0.05) is 18.7 Å². The first-order chi connectivity index (χ1) is 13.0. The lowest BCUT2D eigenvalue weighted by Gasteiger charge is -2.23. The lowest BCUT2D eigenvalue weighted by Crippen LogP contribution is -2.33. The number of hydrogen-bond donors (Lipinski definition) is 2. The Morgan fingerprint density at radius 2 is 2.15 bits per heavy atom. The van der Waals surface area contributed by atoms with Gasteiger partial charge in [-0.2, -0.15) is 23.4 Å². The Labute approximate surface area is 153 Å². The maximum Gasteiger partial charge on any atom is 0.423 e. The summed E-state index contributed by atoms with van der Waals surface area (Å²) in [6.07, 6.45) is -0.701. The number of pyridine rings is 1. The van der Waals surface area contributed by atoms with Gasteiger partial charge in [0.2, 0.25) is 11.8 Å². The van der Waals surface area contributed by atoms with Crippen LogP contribution in [0.25, 0.3) is 0 Å². The molecule has 142 valence electrons. The summed E-state index contributed by atoms with van der Waals surface area (Å²) in [5, 5.41) is 14.7. The van der Waals surface area contributed by atoms with Crippen LogP contribution in [0.1, 0.15) is 24.1 Å². The molecule has 0 aromatic carbocycles. The number of aromatic nitrogens is 3. The molecule has 3 rings (SSSR count). The molecule has 2 aromatic rings. The molecule has 1 fully saturated rings. The number of rotatable bonds is 5. The van der Waals surface area contributed by atoms with Gasteiger partial charge in [0.1, 0.15) is 17.3 Å². The lowest BCUT2D eigenvalue weighted by atomic mass is 10.0. The lowest BCUT2D eigenvalue weighted by molar-refractivity contribution is -0.139. The highest BCUT2D eigenvalue weighted by Gasteiger charge is 2.36. The van der Waals surface area contributed by atoms with Crippen LogP contribution < -0.4 is 15.4 Å². The molecule has 1 unspecified atom stereocenters. The minimum Gasteiger partial charge on any atom is -0.477 e. The van der Waals surface area contributed by atoms with Crippen LogP contribution in [0.15, 0.2) is 24.5 Å². The van der Waals surface area contributed by atoms with Crippen molar-refractivity contribution in [2.24, 2.45) is 5.92 Å². The largest absolute Gasteiger partial charge is 0.477 e. The third kappa shape index (κ3) is 5.04. The summed E-state index contributed by atoms with van der Waals surface area (Å²) in [5.74, 6) is -0.424. The van der Waals surface area contributed by atoms with Crippen molar-refractivity contribution in [1.29, 1.82) is 5.26 Å². The molecule has 27 heavy (non-hydrogen) atoms. The number of alkyl halides is 3. The highest BCUT2D eigenvalue weighted by molar-refractivity contribution is 5.53. The second-order valence-corrected chi connectivity index (χ2v) is 6.10. The molecule has 10 heteroatoms. The molecule has 2 aromatic heterocycles. The van der Waals surface area contributed by atoms with Crippen LogP contribution in [0.4, 0.5) is 24.8 Å². The standard InChI is InChI=1S/C17H17F3N6O/c18-17(19,20)14-9-24-16(25-13-4-3-12(6-21)23-8-13)26-15(14)27-10-11-2-1-5-22-7-11/h3-4,8-9,11,22H,1-2,5,7,10H2,(H,24,25,26). The van der Waals surface area contributed by atoms with Crippen molar-refractivity contribution in [2.75, 3.05) is 25.0 Å². The molecule has 1 atom stereocenters. The number of anilines is 2. The van der Waals surface area contributed by atoms with E-state index in [-0.39, 0.29) is 24.2 Å². The van der Waals surface area contributed by atoms with Crippen molar-refractivity contribution in [1.82, 2.24) is 20.3 Å². The van der Waals surface area contributed by atoms with Crippen molar-refractivity contribution >= 4 is 11.6 Å². The molecular weight excluding hydrogens is 361 g/mol. The van der Waals surface area contributed by atoms with E-state index in [0.29, 0.717) is 18.4 Å². The number of ether oxygens (including phenoxy) is 1. The van der Waals surface area contributed by atoms with E-state index in [4.69, 9.17) is 10.00 Å². The van der Waals surface area contributed by atoms with Gasteiger partial charge in [0.15, 0.2) is 0 Å². The monoisotopic (exact) mass is 378 g/mol. The zero-order valence-corrected chi connectivity index (χ0v) is 14.3. The molecule has 0 spiro atoms. The van der Waals surface area contributed by atoms with E-state index in [1.807, 2.05) is 6.07 Å². The van der Waals surface area contributed by atoms with E-state index in [2.05, 4.69) is 25.6 Å². The van der Waals surface area contributed by atoms with E-state index < -0.39 is 17.6 Å². The number of nitriles is 1. The number of nitrogens with zero attached hydrogens (tertiary/aromatic N) is 4. The summed E-state index contributed by atoms with van der Waals surface area (Å²) >= 11 is 0. The second-order valence-electron chi connectivity index (χ2n) is 6.10. The maximum absolute atomic E-state index is 13.2. The Hall–Kier alpha value is -2.93. The molecule has 0 radical (unpaired) electrons. The molecule has 2 N–H and O–H groups in total. The molecule has 7 nitrogen and oxygen atoms in total. The van der Waals surface area contributed by atoms with Gasteiger partial charge < -0.3 is 15.4 Å². The Morgan fingerprint density at radius 1 is 1.30 bits per heavy atom. The van der Waals surface area contributed by atoms with Gasteiger partial charge in [0.05, 0.1) is 18.5 Å². The van der Waals surface area contributed by atoms with Crippen LogP contribution in [0.2, 0.25) is 0 Å². The van der Waals surface area contributed by atoms with E-state index in [1.165, 1.54) is 12.3 Å². The second kappa shape index (κ2) is 8.18.